The summed E-state index contributed by atoms with van der Waals surface area (Å²) < 4.78 is 12.5. The maximum atomic E-state index is 10.0. The Kier molecular flexibility index (Phi) is 6.00. The van der Waals surface area contributed by atoms with E-state index in [0.29, 0.717) is 28.4 Å². The zero-order valence-corrected chi connectivity index (χ0v) is 16.6. The molecule has 0 saturated carbocycles. The Morgan fingerprint density at radius 1 is 1.11 bits per heavy atom. The van der Waals surface area contributed by atoms with Crippen LogP contribution in [0.15, 0.2) is 51.9 Å². The smallest absolute Gasteiger partial charge is 0.206 e. The van der Waals surface area contributed by atoms with E-state index in [1.165, 1.54) is 29.7 Å². The molecule has 0 bridgehead atoms. The molecular formula is C20H21N3O4S. The molecule has 0 saturated heterocycles. The number of methoxy groups -OCH3 is 2. The number of hydrogen-bond acceptors (Lipinski definition) is 7. The highest BCUT2D eigenvalue weighted by atomic mass is 32.1. The Hall–Kier alpha value is -3.26. The van der Waals surface area contributed by atoms with Gasteiger partial charge >= 0.3 is 0 Å². The first-order chi connectivity index (χ1) is 13.6. The molecule has 0 radical (unpaired) electrons. The Morgan fingerprint density at radius 3 is 2.61 bits per heavy atom. The monoisotopic (exact) mass is 399 g/mol. The summed E-state index contributed by atoms with van der Waals surface area (Å²) in [6, 6.07) is 9.91. The van der Waals surface area contributed by atoms with E-state index in [1.807, 2.05) is 30.5 Å². The molecule has 0 atom stereocenters. The molecule has 7 nitrogen and oxygen atoms in total. The first kappa shape index (κ1) is 19.5. The van der Waals surface area contributed by atoms with Crippen molar-refractivity contribution in [1.82, 2.24) is 4.68 Å². The molecule has 0 aliphatic carbocycles. The summed E-state index contributed by atoms with van der Waals surface area (Å²) >= 11 is 1.46. The van der Waals surface area contributed by atoms with Crippen LogP contribution in [0.4, 0.5) is 0 Å². The molecule has 1 heterocycles. The van der Waals surface area contributed by atoms with E-state index in [0.717, 1.165) is 11.3 Å². The molecule has 0 spiro atoms. The van der Waals surface area contributed by atoms with Gasteiger partial charge in [0.25, 0.3) is 0 Å². The summed E-state index contributed by atoms with van der Waals surface area (Å²) in [5, 5.41) is 25.9. The highest BCUT2D eigenvalue weighted by Gasteiger charge is 2.13. The number of nitrogens with zero attached hydrogens (tertiary/aromatic N) is 3. The highest BCUT2D eigenvalue weighted by Crippen LogP contribution is 2.33. The second kappa shape index (κ2) is 8.62. The third kappa shape index (κ3) is 4.01. The van der Waals surface area contributed by atoms with Crippen molar-refractivity contribution in [3.63, 3.8) is 0 Å². The minimum atomic E-state index is -0.0582. The first-order valence-electron chi connectivity index (χ1n) is 8.57. The van der Waals surface area contributed by atoms with Crippen LogP contribution >= 0.6 is 11.3 Å². The number of ether oxygens (including phenoxy) is 2. The zero-order valence-electron chi connectivity index (χ0n) is 15.8. The molecule has 28 heavy (non-hydrogen) atoms. The number of rotatable bonds is 6. The van der Waals surface area contributed by atoms with Crippen LogP contribution in [0.2, 0.25) is 0 Å². The SMILES string of the molecule is CCN=c1scc(-c2ccc(OC)cc2OC)n1N=Cc1ccc(O)cc1O. The van der Waals surface area contributed by atoms with E-state index in [1.54, 1.807) is 25.0 Å². The van der Waals surface area contributed by atoms with Gasteiger partial charge in [-0.3, -0.25) is 4.99 Å². The average Bonchev–Trinajstić information content (AvgIpc) is 3.09. The number of thiazole rings is 1. The molecule has 3 aromatic rings. The average molecular weight is 399 g/mol. The second-order valence-electron chi connectivity index (χ2n) is 5.74. The number of aromatic nitrogens is 1. The lowest BCUT2D eigenvalue weighted by atomic mass is 10.1. The van der Waals surface area contributed by atoms with E-state index >= 15 is 0 Å². The van der Waals surface area contributed by atoms with E-state index < -0.39 is 0 Å². The van der Waals surface area contributed by atoms with E-state index in [-0.39, 0.29) is 11.5 Å². The molecule has 0 aliphatic heterocycles. The molecule has 0 unspecified atom stereocenters. The zero-order chi connectivity index (χ0) is 20.1. The van der Waals surface area contributed by atoms with Gasteiger partial charge in [0.05, 0.1) is 26.1 Å². The maximum absolute atomic E-state index is 10.0. The van der Waals surface area contributed by atoms with Gasteiger partial charge in [0.2, 0.25) is 4.80 Å². The fourth-order valence-electron chi connectivity index (χ4n) is 2.61. The van der Waals surface area contributed by atoms with Crippen LogP contribution in [0, 0.1) is 0 Å². The third-order valence-electron chi connectivity index (χ3n) is 3.99. The lowest BCUT2D eigenvalue weighted by Crippen LogP contribution is -2.12. The third-order valence-corrected chi connectivity index (χ3v) is 4.84. The summed E-state index contributed by atoms with van der Waals surface area (Å²) in [4.78, 5) is 5.20. The summed E-state index contributed by atoms with van der Waals surface area (Å²) in [6.07, 6.45) is 1.52. The fourth-order valence-corrected chi connectivity index (χ4v) is 3.50. The van der Waals surface area contributed by atoms with Crippen LogP contribution in [0.25, 0.3) is 11.3 Å². The van der Waals surface area contributed by atoms with Crippen molar-refractivity contribution in [2.45, 2.75) is 6.92 Å². The summed E-state index contributed by atoms with van der Waals surface area (Å²) in [5.41, 5.74) is 2.11. The summed E-state index contributed by atoms with van der Waals surface area (Å²) in [6.45, 7) is 2.56. The van der Waals surface area contributed by atoms with Crippen molar-refractivity contribution < 1.29 is 19.7 Å². The van der Waals surface area contributed by atoms with Crippen molar-refractivity contribution in [3.05, 3.63) is 52.1 Å². The number of hydrogen-bond donors (Lipinski definition) is 2. The molecule has 0 amide bonds. The number of benzene rings is 2. The van der Waals surface area contributed by atoms with Gasteiger partial charge < -0.3 is 19.7 Å². The summed E-state index contributed by atoms with van der Waals surface area (Å²) in [7, 11) is 3.20. The van der Waals surface area contributed by atoms with Gasteiger partial charge in [-0.15, -0.1) is 11.3 Å². The largest absolute Gasteiger partial charge is 0.508 e. The minimum absolute atomic E-state index is 0.0110. The van der Waals surface area contributed by atoms with E-state index in [4.69, 9.17) is 9.47 Å². The molecule has 2 aromatic carbocycles. The number of phenols is 2. The van der Waals surface area contributed by atoms with Gasteiger partial charge in [0.1, 0.15) is 23.0 Å². The fraction of sp³-hybridized carbons (Fsp3) is 0.200. The Labute approximate surface area is 166 Å². The van der Waals surface area contributed by atoms with Crippen LogP contribution in [0.1, 0.15) is 12.5 Å². The van der Waals surface area contributed by atoms with E-state index in [2.05, 4.69) is 10.1 Å². The molecule has 3 rings (SSSR count). The highest BCUT2D eigenvalue weighted by molar-refractivity contribution is 7.07. The predicted molar refractivity (Wildman–Crippen MR) is 110 cm³/mol. The van der Waals surface area contributed by atoms with Crippen LogP contribution in [-0.2, 0) is 0 Å². The van der Waals surface area contributed by atoms with Gasteiger partial charge in [-0.2, -0.15) is 5.10 Å². The van der Waals surface area contributed by atoms with Crippen molar-refractivity contribution in [3.8, 4) is 34.3 Å². The lowest BCUT2D eigenvalue weighted by molar-refractivity contribution is 0.395. The van der Waals surface area contributed by atoms with Gasteiger partial charge in [0.15, 0.2) is 0 Å². The van der Waals surface area contributed by atoms with Gasteiger partial charge in [-0.1, -0.05) is 0 Å². The molecular weight excluding hydrogens is 378 g/mol. The minimum Gasteiger partial charge on any atom is -0.508 e. The summed E-state index contributed by atoms with van der Waals surface area (Å²) in [5.74, 6) is 1.27. The normalized spacial score (nSPS) is 11.9. The second-order valence-corrected chi connectivity index (χ2v) is 6.58. The van der Waals surface area contributed by atoms with Crippen LogP contribution in [-0.4, -0.2) is 41.9 Å². The first-order valence-corrected chi connectivity index (χ1v) is 9.45. The van der Waals surface area contributed by atoms with Crippen molar-refractivity contribution >= 4 is 17.6 Å². The molecule has 2 N–H and O–H groups in total. The van der Waals surface area contributed by atoms with Crippen molar-refractivity contribution in [2.24, 2.45) is 10.1 Å². The van der Waals surface area contributed by atoms with Gasteiger partial charge in [-0.05, 0) is 31.2 Å². The van der Waals surface area contributed by atoms with Crippen molar-refractivity contribution in [1.29, 1.82) is 0 Å². The molecule has 0 fully saturated rings. The molecule has 146 valence electrons. The topological polar surface area (TPSA) is 88.6 Å². The van der Waals surface area contributed by atoms with Gasteiger partial charge in [0, 0.05) is 35.2 Å². The van der Waals surface area contributed by atoms with Crippen LogP contribution < -0.4 is 14.3 Å². The van der Waals surface area contributed by atoms with Crippen LogP contribution in [0.5, 0.6) is 23.0 Å². The number of aromatic hydroxyl groups is 2. The Morgan fingerprint density at radius 2 is 1.93 bits per heavy atom. The van der Waals surface area contributed by atoms with Crippen molar-refractivity contribution in [2.75, 3.05) is 20.8 Å². The Bertz CT molecular complexity index is 1070. The van der Waals surface area contributed by atoms with Gasteiger partial charge in [-0.25, -0.2) is 4.68 Å². The van der Waals surface area contributed by atoms with Crippen LogP contribution in [0.3, 0.4) is 0 Å². The predicted octanol–water partition coefficient (Wildman–Crippen LogP) is 3.45. The number of phenolic OH excluding ortho intramolecular Hbond substituents is 2. The molecule has 8 heteroatoms. The molecule has 0 aliphatic rings. The quantitative estimate of drug-likeness (QED) is 0.622. The standard InChI is InChI=1S/C20H21N3O4S/c1-4-21-20-23(22-11-13-5-6-14(24)9-18(13)25)17(12-28-20)16-8-7-15(26-2)10-19(16)27-3/h5-12,24-25H,4H2,1-3H3. The Balaban J connectivity index is 2.12. The maximum Gasteiger partial charge on any atom is 0.206 e. The molecule has 1 aromatic heterocycles. The van der Waals surface area contributed by atoms with E-state index in [9.17, 15) is 10.2 Å². The lowest BCUT2D eigenvalue weighted by Gasteiger charge is -2.11.